The predicted molar refractivity (Wildman–Crippen MR) is 59.7 cm³/mol. The Labute approximate surface area is 91.6 Å². The second kappa shape index (κ2) is 6.67. The van der Waals surface area contributed by atoms with Crippen LogP contribution in [0.4, 0.5) is 4.79 Å². The fourth-order valence-corrected chi connectivity index (χ4v) is 2.11. The van der Waals surface area contributed by atoms with E-state index in [1.165, 1.54) is 12.8 Å². The van der Waals surface area contributed by atoms with Crippen molar-refractivity contribution in [1.29, 1.82) is 0 Å². The van der Waals surface area contributed by atoms with Crippen LogP contribution in [0, 0.1) is 0 Å². The number of amides is 2. The highest BCUT2D eigenvalue weighted by Crippen LogP contribution is 2.23. The average Bonchev–Trinajstić information content (AvgIpc) is 2.75. The normalized spacial score (nSPS) is 16.7. The van der Waals surface area contributed by atoms with Crippen molar-refractivity contribution in [3.63, 3.8) is 0 Å². The Morgan fingerprint density at radius 3 is 2.67 bits per heavy atom. The third-order valence-corrected chi connectivity index (χ3v) is 2.89. The molecule has 1 aliphatic rings. The topological polar surface area (TPSA) is 52.6 Å². The summed E-state index contributed by atoms with van der Waals surface area (Å²) in [5.74, 6) is 0. The van der Waals surface area contributed by atoms with Gasteiger partial charge in [-0.1, -0.05) is 19.8 Å². The van der Waals surface area contributed by atoms with Crippen molar-refractivity contribution in [2.45, 2.75) is 45.1 Å². The molecule has 0 unspecified atom stereocenters. The second-order valence-corrected chi connectivity index (χ2v) is 4.09. The van der Waals surface area contributed by atoms with E-state index < -0.39 is 0 Å². The molecule has 0 spiro atoms. The zero-order chi connectivity index (χ0) is 11.1. The molecule has 0 radical (unpaired) electrons. The van der Waals surface area contributed by atoms with Gasteiger partial charge in [0.1, 0.15) is 0 Å². The molecule has 0 aromatic heterocycles. The fourth-order valence-electron chi connectivity index (χ4n) is 2.11. The molecule has 4 heteroatoms. The zero-order valence-corrected chi connectivity index (χ0v) is 9.54. The molecule has 0 aliphatic heterocycles. The third kappa shape index (κ3) is 3.70. The van der Waals surface area contributed by atoms with Crippen molar-refractivity contribution in [3.05, 3.63) is 0 Å². The summed E-state index contributed by atoms with van der Waals surface area (Å²) in [4.78, 5) is 13.6. The van der Waals surface area contributed by atoms with Crippen LogP contribution in [0.3, 0.4) is 0 Å². The number of nitrogens with zero attached hydrogens (tertiary/aromatic N) is 1. The summed E-state index contributed by atoms with van der Waals surface area (Å²) in [7, 11) is 0. The molecule has 4 nitrogen and oxygen atoms in total. The van der Waals surface area contributed by atoms with Crippen LogP contribution < -0.4 is 5.32 Å². The maximum Gasteiger partial charge on any atom is 0.317 e. The lowest BCUT2D eigenvalue weighted by molar-refractivity contribution is 0.153. The standard InChI is InChI=1S/C11H22N2O2/c1-2-7-12-11(15)13(8-9-14)10-5-3-4-6-10/h10,14H,2-9H2,1H3,(H,12,15). The molecule has 1 saturated carbocycles. The highest BCUT2D eigenvalue weighted by Gasteiger charge is 2.25. The van der Waals surface area contributed by atoms with E-state index in [9.17, 15) is 4.79 Å². The van der Waals surface area contributed by atoms with Gasteiger partial charge in [-0.3, -0.25) is 0 Å². The lowest BCUT2D eigenvalue weighted by Gasteiger charge is -2.28. The highest BCUT2D eigenvalue weighted by atomic mass is 16.3. The molecule has 0 bridgehead atoms. The highest BCUT2D eigenvalue weighted by molar-refractivity contribution is 5.74. The van der Waals surface area contributed by atoms with Crippen molar-refractivity contribution >= 4 is 6.03 Å². The van der Waals surface area contributed by atoms with E-state index in [2.05, 4.69) is 5.32 Å². The smallest absolute Gasteiger partial charge is 0.317 e. The van der Waals surface area contributed by atoms with E-state index in [0.717, 1.165) is 19.3 Å². The largest absolute Gasteiger partial charge is 0.395 e. The number of rotatable bonds is 5. The van der Waals surface area contributed by atoms with E-state index in [1.54, 1.807) is 4.90 Å². The first-order chi connectivity index (χ1) is 7.29. The summed E-state index contributed by atoms with van der Waals surface area (Å²) < 4.78 is 0. The van der Waals surface area contributed by atoms with Crippen molar-refractivity contribution in [2.24, 2.45) is 0 Å². The van der Waals surface area contributed by atoms with Gasteiger partial charge in [0.25, 0.3) is 0 Å². The SMILES string of the molecule is CCCNC(=O)N(CCO)C1CCCC1. The van der Waals surface area contributed by atoms with Gasteiger partial charge in [0, 0.05) is 19.1 Å². The molecule has 0 aromatic carbocycles. The summed E-state index contributed by atoms with van der Waals surface area (Å²) in [6, 6.07) is 0.326. The van der Waals surface area contributed by atoms with Crippen LogP contribution in [0.25, 0.3) is 0 Å². The number of hydrogen-bond donors (Lipinski definition) is 2. The maximum absolute atomic E-state index is 11.8. The monoisotopic (exact) mass is 214 g/mol. The number of nitrogens with one attached hydrogen (secondary N) is 1. The number of aliphatic hydroxyl groups is 1. The van der Waals surface area contributed by atoms with Crippen LogP contribution in [-0.4, -0.2) is 41.8 Å². The van der Waals surface area contributed by atoms with Crippen molar-refractivity contribution in [3.8, 4) is 0 Å². The summed E-state index contributed by atoms with van der Waals surface area (Å²) in [5, 5.41) is 11.8. The minimum Gasteiger partial charge on any atom is -0.395 e. The minimum atomic E-state index is -0.0159. The molecule has 1 rings (SSSR count). The molecular weight excluding hydrogens is 192 g/mol. The van der Waals surface area contributed by atoms with Gasteiger partial charge >= 0.3 is 6.03 Å². The molecule has 1 aliphatic carbocycles. The summed E-state index contributed by atoms with van der Waals surface area (Å²) >= 11 is 0. The molecule has 1 fully saturated rings. The van der Waals surface area contributed by atoms with Crippen LogP contribution >= 0.6 is 0 Å². The van der Waals surface area contributed by atoms with Crippen LogP contribution in [0.15, 0.2) is 0 Å². The van der Waals surface area contributed by atoms with Gasteiger partial charge in [-0.25, -0.2) is 4.79 Å². The number of urea groups is 1. The first-order valence-electron chi connectivity index (χ1n) is 5.95. The number of carbonyl (C=O) groups is 1. The number of carbonyl (C=O) groups excluding carboxylic acids is 1. The molecule has 0 aromatic rings. The van der Waals surface area contributed by atoms with E-state index in [0.29, 0.717) is 19.1 Å². The Kier molecular flexibility index (Phi) is 5.47. The van der Waals surface area contributed by atoms with Gasteiger partial charge in [0.05, 0.1) is 6.61 Å². The van der Waals surface area contributed by atoms with Crippen LogP contribution in [0.5, 0.6) is 0 Å². The minimum absolute atomic E-state index is 0.0159. The van der Waals surface area contributed by atoms with Crippen molar-refractivity contribution in [2.75, 3.05) is 19.7 Å². The Morgan fingerprint density at radius 2 is 2.13 bits per heavy atom. The molecule has 0 heterocycles. The Hall–Kier alpha value is -0.770. The van der Waals surface area contributed by atoms with E-state index in [1.807, 2.05) is 6.92 Å². The summed E-state index contributed by atoms with van der Waals surface area (Å²) in [6.07, 6.45) is 5.52. The lowest BCUT2D eigenvalue weighted by atomic mass is 10.2. The molecular formula is C11H22N2O2. The van der Waals surface area contributed by atoms with E-state index >= 15 is 0 Å². The maximum atomic E-state index is 11.8. The zero-order valence-electron chi connectivity index (χ0n) is 9.54. The molecule has 0 atom stereocenters. The Balaban J connectivity index is 2.43. The van der Waals surface area contributed by atoms with Gasteiger partial charge in [0.2, 0.25) is 0 Å². The fraction of sp³-hybridized carbons (Fsp3) is 0.909. The molecule has 0 saturated heterocycles. The van der Waals surface area contributed by atoms with Crippen molar-refractivity contribution < 1.29 is 9.90 Å². The average molecular weight is 214 g/mol. The molecule has 2 N–H and O–H groups in total. The first kappa shape index (κ1) is 12.3. The first-order valence-corrected chi connectivity index (χ1v) is 5.95. The van der Waals surface area contributed by atoms with E-state index in [4.69, 9.17) is 5.11 Å². The van der Waals surface area contributed by atoms with Crippen LogP contribution in [-0.2, 0) is 0 Å². The van der Waals surface area contributed by atoms with Gasteiger partial charge in [-0.2, -0.15) is 0 Å². The third-order valence-electron chi connectivity index (χ3n) is 2.89. The van der Waals surface area contributed by atoms with Crippen LogP contribution in [0.1, 0.15) is 39.0 Å². The predicted octanol–water partition coefficient (Wildman–Crippen LogP) is 1.34. The van der Waals surface area contributed by atoms with Gasteiger partial charge in [0.15, 0.2) is 0 Å². The molecule has 88 valence electrons. The Morgan fingerprint density at radius 1 is 1.47 bits per heavy atom. The lowest BCUT2D eigenvalue weighted by Crippen LogP contribution is -2.46. The molecule has 2 amide bonds. The van der Waals surface area contributed by atoms with Gasteiger partial charge in [-0.05, 0) is 19.3 Å². The Bertz CT molecular complexity index is 191. The van der Waals surface area contributed by atoms with Gasteiger partial charge in [-0.15, -0.1) is 0 Å². The number of aliphatic hydroxyl groups excluding tert-OH is 1. The van der Waals surface area contributed by atoms with Gasteiger partial charge < -0.3 is 15.3 Å². The second-order valence-electron chi connectivity index (χ2n) is 4.09. The van der Waals surface area contributed by atoms with Crippen LogP contribution in [0.2, 0.25) is 0 Å². The molecule has 15 heavy (non-hydrogen) atoms. The summed E-state index contributed by atoms with van der Waals surface area (Å²) in [5.41, 5.74) is 0. The quantitative estimate of drug-likeness (QED) is 0.725. The number of hydrogen-bond acceptors (Lipinski definition) is 2. The summed E-state index contributed by atoms with van der Waals surface area (Å²) in [6.45, 7) is 3.26. The van der Waals surface area contributed by atoms with E-state index in [-0.39, 0.29) is 12.6 Å². The van der Waals surface area contributed by atoms with Crippen molar-refractivity contribution in [1.82, 2.24) is 10.2 Å².